The molecule has 8 heteroatoms. The highest BCUT2D eigenvalue weighted by Gasteiger charge is 2.14. The smallest absolute Gasteiger partial charge is 0.261 e. The van der Waals surface area contributed by atoms with Gasteiger partial charge in [0.25, 0.3) is 10.0 Å². The van der Waals surface area contributed by atoms with Gasteiger partial charge in [0.05, 0.1) is 18.4 Å². The number of hydrogen-bond acceptors (Lipinski definition) is 6. The molecule has 0 saturated heterocycles. The van der Waals surface area contributed by atoms with Crippen molar-refractivity contribution in [3.05, 3.63) is 90.3 Å². The van der Waals surface area contributed by atoms with Crippen LogP contribution in [0.4, 0.5) is 5.69 Å². The molecule has 0 bridgehead atoms. The zero-order chi connectivity index (χ0) is 21.0. The third-order valence-electron chi connectivity index (χ3n) is 4.43. The van der Waals surface area contributed by atoms with Crippen LogP contribution in [0.5, 0.6) is 5.75 Å². The number of hydrogen-bond donors (Lipinski definition) is 1. The second-order valence-corrected chi connectivity index (χ2v) is 8.21. The van der Waals surface area contributed by atoms with Gasteiger partial charge in [0.1, 0.15) is 5.75 Å². The molecule has 0 amide bonds. The first-order chi connectivity index (χ1) is 14.5. The van der Waals surface area contributed by atoms with E-state index in [4.69, 9.17) is 9.26 Å². The summed E-state index contributed by atoms with van der Waals surface area (Å²) in [4.78, 5) is 4.63. The van der Waals surface area contributed by atoms with E-state index in [1.54, 1.807) is 61.7 Å². The first kappa shape index (κ1) is 19.7. The summed E-state index contributed by atoms with van der Waals surface area (Å²) in [6.45, 7) is 0. The van der Waals surface area contributed by atoms with Gasteiger partial charge in [-0.1, -0.05) is 35.5 Å². The third-order valence-corrected chi connectivity index (χ3v) is 5.83. The Balaban J connectivity index is 1.45. The molecule has 1 N–H and O–H groups in total. The highest BCUT2D eigenvalue weighted by molar-refractivity contribution is 7.92. The molecule has 1 heterocycles. The lowest BCUT2D eigenvalue weighted by atomic mass is 10.1. The molecule has 0 unspecified atom stereocenters. The van der Waals surface area contributed by atoms with Crippen molar-refractivity contribution in [2.24, 2.45) is 0 Å². The Morgan fingerprint density at radius 1 is 0.933 bits per heavy atom. The van der Waals surface area contributed by atoms with Gasteiger partial charge in [0.15, 0.2) is 0 Å². The second-order valence-electron chi connectivity index (χ2n) is 6.53. The Bertz CT molecular complexity index is 1220. The Morgan fingerprint density at radius 3 is 2.30 bits per heavy atom. The molecule has 152 valence electrons. The number of sulfonamides is 1. The number of nitrogens with one attached hydrogen (secondary N) is 1. The average molecular weight is 421 g/mol. The van der Waals surface area contributed by atoms with Gasteiger partial charge < -0.3 is 9.26 Å². The van der Waals surface area contributed by atoms with E-state index in [1.807, 2.05) is 24.3 Å². The van der Waals surface area contributed by atoms with Crippen molar-refractivity contribution in [1.29, 1.82) is 0 Å². The fourth-order valence-corrected chi connectivity index (χ4v) is 3.94. The van der Waals surface area contributed by atoms with Crippen molar-refractivity contribution in [1.82, 2.24) is 10.1 Å². The Labute approximate surface area is 174 Å². The molecule has 0 aliphatic rings. The minimum absolute atomic E-state index is 0.204. The molecule has 0 fully saturated rings. The van der Waals surface area contributed by atoms with Crippen LogP contribution in [-0.4, -0.2) is 25.7 Å². The number of benzene rings is 3. The summed E-state index contributed by atoms with van der Waals surface area (Å²) in [5, 5.41) is 4.02. The highest BCUT2D eigenvalue weighted by Crippen LogP contribution is 2.22. The van der Waals surface area contributed by atoms with Crippen molar-refractivity contribution < 1.29 is 17.7 Å². The Kier molecular flexibility index (Phi) is 5.49. The van der Waals surface area contributed by atoms with E-state index in [0.717, 1.165) is 16.9 Å². The molecule has 0 radical (unpaired) electrons. The van der Waals surface area contributed by atoms with E-state index in [1.165, 1.54) is 0 Å². The summed E-state index contributed by atoms with van der Waals surface area (Å²) >= 11 is 0. The molecule has 0 atom stereocenters. The maximum Gasteiger partial charge on any atom is 0.261 e. The van der Waals surface area contributed by atoms with Gasteiger partial charge in [0, 0.05) is 11.3 Å². The predicted molar refractivity (Wildman–Crippen MR) is 113 cm³/mol. The topological polar surface area (TPSA) is 94.3 Å². The number of anilines is 1. The lowest BCUT2D eigenvalue weighted by Crippen LogP contribution is -2.12. The lowest BCUT2D eigenvalue weighted by molar-refractivity contribution is 0.385. The molecule has 1 aromatic heterocycles. The van der Waals surface area contributed by atoms with E-state index in [9.17, 15) is 8.42 Å². The van der Waals surface area contributed by atoms with Crippen LogP contribution in [0.3, 0.4) is 0 Å². The highest BCUT2D eigenvalue weighted by atomic mass is 32.2. The summed E-state index contributed by atoms with van der Waals surface area (Å²) in [5.41, 5.74) is 2.20. The van der Waals surface area contributed by atoms with Crippen molar-refractivity contribution in [2.75, 3.05) is 11.8 Å². The number of methoxy groups -OCH3 is 1. The minimum atomic E-state index is -3.64. The maximum atomic E-state index is 12.4. The van der Waals surface area contributed by atoms with Crippen molar-refractivity contribution in [3.63, 3.8) is 0 Å². The van der Waals surface area contributed by atoms with E-state index in [0.29, 0.717) is 23.8 Å². The van der Waals surface area contributed by atoms with Crippen LogP contribution in [0.1, 0.15) is 11.5 Å². The van der Waals surface area contributed by atoms with Crippen LogP contribution in [0.25, 0.3) is 11.4 Å². The number of rotatable bonds is 7. The second kappa shape index (κ2) is 8.38. The lowest BCUT2D eigenvalue weighted by Gasteiger charge is -2.08. The molecule has 0 spiro atoms. The quantitative estimate of drug-likeness (QED) is 0.482. The number of nitrogens with zero attached hydrogens (tertiary/aromatic N) is 2. The van der Waals surface area contributed by atoms with E-state index in [-0.39, 0.29) is 4.90 Å². The average Bonchev–Trinajstić information content (AvgIpc) is 3.24. The van der Waals surface area contributed by atoms with Crippen LogP contribution in [-0.2, 0) is 16.4 Å². The molecule has 0 aliphatic carbocycles. The molecule has 0 aliphatic heterocycles. The monoisotopic (exact) mass is 421 g/mol. The predicted octanol–water partition coefficient (Wildman–Crippen LogP) is 4.14. The fraction of sp³-hybridized carbons (Fsp3) is 0.0909. The van der Waals surface area contributed by atoms with Gasteiger partial charge in [-0.25, -0.2) is 8.42 Å². The summed E-state index contributed by atoms with van der Waals surface area (Å²) in [6, 6.07) is 22.6. The summed E-state index contributed by atoms with van der Waals surface area (Å²) < 4.78 is 37.9. The largest absolute Gasteiger partial charge is 0.497 e. The van der Waals surface area contributed by atoms with Gasteiger partial charge in [-0.15, -0.1) is 0 Å². The molecule has 4 aromatic rings. The Morgan fingerprint density at radius 2 is 1.63 bits per heavy atom. The van der Waals surface area contributed by atoms with E-state index < -0.39 is 10.0 Å². The van der Waals surface area contributed by atoms with Gasteiger partial charge in [0.2, 0.25) is 11.7 Å². The molecule has 30 heavy (non-hydrogen) atoms. The zero-order valence-corrected chi connectivity index (χ0v) is 17.0. The van der Waals surface area contributed by atoms with Crippen molar-refractivity contribution >= 4 is 15.7 Å². The maximum absolute atomic E-state index is 12.4. The molecule has 7 nitrogen and oxygen atoms in total. The van der Waals surface area contributed by atoms with Crippen LogP contribution in [0.15, 0.2) is 88.3 Å². The van der Waals surface area contributed by atoms with Gasteiger partial charge >= 0.3 is 0 Å². The third kappa shape index (κ3) is 4.49. The van der Waals surface area contributed by atoms with Gasteiger partial charge in [-0.2, -0.15) is 4.98 Å². The Hall–Kier alpha value is -3.65. The fourth-order valence-electron chi connectivity index (χ4n) is 2.86. The standard InChI is InChI=1S/C22H19N3O4S/c1-28-19-13-7-16(8-14-19)15-21-23-22(24-29-21)17-9-11-18(12-10-17)25-30(26,27)20-5-3-2-4-6-20/h2-14,25H,15H2,1H3. The molecule has 4 rings (SSSR count). The summed E-state index contributed by atoms with van der Waals surface area (Å²) in [6.07, 6.45) is 0.506. The van der Waals surface area contributed by atoms with Crippen LogP contribution in [0.2, 0.25) is 0 Å². The first-order valence-corrected chi connectivity index (χ1v) is 10.7. The van der Waals surface area contributed by atoms with Crippen molar-refractivity contribution in [2.45, 2.75) is 11.3 Å². The SMILES string of the molecule is COc1ccc(Cc2nc(-c3ccc(NS(=O)(=O)c4ccccc4)cc3)no2)cc1. The van der Waals surface area contributed by atoms with Gasteiger partial charge in [-0.05, 0) is 54.1 Å². The number of aromatic nitrogens is 2. The van der Waals surface area contributed by atoms with Crippen LogP contribution in [0, 0.1) is 0 Å². The summed E-state index contributed by atoms with van der Waals surface area (Å²) in [5.74, 6) is 1.72. The number of ether oxygens (including phenoxy) is 1. The van der Waals surface area contributed by atoms with E-state index >= 15 is 0 Å². The van der Waals surface area contributed by atoms with E-state index in [2.05, 4.69) is 14.9 Å². The summed E-state index contributed by atoms with van der Waals surface area (Å²) in [7, 11) is -2.01. The zero-order valence-electron chi connectivity index (χ0n) is 16.1. The minimum Gasteiger partial charge on any atom is -0.497 e. The van der Waals surface area contributed by atoms with Gasteiger partial charge in [-0.3, -0.25) is 4.72 Å². The molecular weight excluding hydrogens is 402 g/mol. The molecule has 3 aromatic carbocycles. The van der Waals surface area contributed by atoms with Crippen LogP contribution >= 0.6 is 0 Å². The van der Waals surface area contributed by atoms with Crippen molar-refractivity contribution in [3.8, 4) is 17.1 Å². The molecular formula is C22H19N3O4S. The normalized spacial score (nSPS) is 11.2. The molecule has 0 saturated carbocycles. The first-order valence-electron chi connectivity index (χ1n) is 9.17. The van der Waals surface area contributed by atoms with Crippen LogP contribution < -0.4 is 9.46 Å².